The van der Waals surface area contributed by atoms with E-state index in [1.807, 2.05) is 37.6 Å². The summed E-state index contributed by atoms with van der Waals surface area (Å²) in [6.07, 6.45) is 0.685. The molecule has 3 rings (SSSR count). The van der Waals surface area contributed by atoms with Crippen molar-refractivity contribution in [1.29, 1.82) is 0 Å². The number of para-hydroxylation sites is 2. The third kappa shape index (κ3) is 2.24. The molecule has 3 nitrogen and oxygen atoms in total. The van der Waals surface area contributed by atoms with Gasteiger partial charge in [-0.2, -0.15) is 0 Å². The molecule has 0 fully saturated rings. The van der Waals surface area contributed by atoms with Crippen LogP contribution in [-0.2, 0) is 13.5 Å². The highest BCUT2D eigenvalue weighted by atomic mass is 35.5. The Labute approximate surface area is 127 Å². The number of rotatable bonds is 3. The van der Waals surface area contributed by atoms with Crippen molar-refractivity contribution in [2.75, 3.05) is 0 Å². The summed E-state index contributed by atoms with van der Waals surface area (Å²) in [5.41, 5.74) is 9.53. The zero-order valence-corrected chi connectivity index (χ0v) is 13.0. The Morgan fingerprint density at radius 1 is 1.40 bits per heavy atom. The average molecular weight is 306 g/mol. The van der Waals surface area contributed by atoms with Crippen LogP contribution in [0.15, 0.2) is 29.6 Å². The molecule has 0 saturated carbocycles. The number of aryl methyl sites for hydroxylation is 2. The molecular formula is C15H16ClN3S. The van der Waals surface area contributed by atoms with Gasteiger partial charge in [0.05, 0.1) is 16.1 Å². The molecule has 0 spiro atoms. The number of halogens is 1. The Morgan fingerprint density at radius 2 is 2.15 bits per heavy atom. The molecule has 0 radical (unpaired) electrons. The third-order valence-electron chi connectivity index (χ3n) is 3.54. The number of hydrogen-bond donors (Lipinski definition) is 1. The Kier molecular flexibility index (Phi) is 3.54. The maximum absolute atomic E-state index is 6.30. The highest BCUT2D eigenvalue weighted by Crippen LogP contribution is 2.33. The SMILES string of the molecule is Cc1csc(C(N)Cc2nc3ccccc3n2C)c1Cl. The highest BCUT2D eigenvalue weighted by Gasteiger charge is 2.17. The molecule has 0 aliphatic carbocycles. The van der Waals surface area contributed by atoms with Crippen molar-refractivity contribution in [3.05, 3.63) is 50.9 Å². The van der Waals surface area contributed by atoms with Gasteiger partial charge in [-0.25, -0.2) is 4.98 Å². The minimum Gasteiger partial charge on any atom is -0.331 e. The molecule has 2 N–H and O–H groups in total. The lowest BCUT2D eigenvalue weighted by Crippen LogP contribution is -2.15. The summed E-state index contributed by atoms with van der Waals surface area (Å²) in [5, 5.41) is 2.84. The van der Waals surface area contributed by atoms with Crippen LogP contribution in [0, 0.1) is 6.92 Å². The summed E-state index contributed by atoms with van der Waals surface area (Å²) in [4.78, 5) is 5.70. The highest BCUT2D eigenvalue weighted by molar-refractivity contribution is 7.10. The standard InChI is InChI=1S/C15H16ClN3S/c1-9-8-20-15(14(9)16)10(17)7-13-18-11-5-3-4-6-12(11)19(13)2/h3-6,8,10H,7,17H2,1-2H3. The average Bonchev–Trinajstić information content (AvgIpc) is 2.93. The minimum atomic E-state index is -0.114. The number of nitrogens with zero attached hydrogens (tertiary/aromatic N) is 2. The summed E-state index contributed by atoms with van der Waals surface area (Å²) in [5.74, 6) is 0.987. The van der Waals surface area contributed by atoms with Crippen molar-refractivity contribution in [3.63, 3.8) is 0 Å². The Morgan fingerprint density at radius 3 is 2.80 bits per heavy atom. The summed E-state index contributed by atoms with van der Waals surface area (Å²) >= 11 is 7.91. The monoisotopic (exact) mass is 305 g/mol. The van der Waals surface area contributed by atoms with Crippen LogP contribution in [0.3, 0.4) is 0 Å². The fraction of sp³-hybridized carbons (Fsp3) is 0.267. The van der Waals surface area contributed by atoms with Gasteiger partial charge in [-0.15, -0.1) is 11.3 Å². The van der Waals surface area contributed by atoms with E-state index in [1.54, 1.807) is 11.3 Å². The van der Waals surface area contributed by atoms with Gasteiger partial charge >= 0.3 is 0 Å². The maximum atomic E-state index is 6.30. The van der Waals surface area contributed by atoms with Crippen LogP contribution in [0.5, 0.6) is 0 Å². The zero-order chi connectivity index (χ0) is 14.3. The molecule has 1 unspecified atom stereocenters. The maximum Gasteiger partial charge on any atom is 0.111 e. The second-order valence-electron chi connectivity index (χ2n) is 4.98. The lowest BCUT2D eigenvalue weighted by atomic mass is 10.1. The van der Waals surface area contributed by atoms with Crippen LogP contribution in [0.25, 0.3) is 11.0 Å². The smallest absolute Gasteiger partial charge is 0.111 e. The van der Waals surface area contributed by atoms with Gasteiger partial charge in [0.25, 0.3) is 0 Å². The largest absolute Gasteiger partial charge is 0.331 e. The number of benzene rings is 1. The molecule has 0 aliphatic heterocycles. The summed E-state index contributed by atoms with van der Waals surface area (Å²) in [7, 11) is 2.03. The molecule has 1 atom stereocenters. The molecule has 2 heterocycles. The quantitative estimate of drug-likeness (QED) is 0.799. The van der Waals surface area contributed by atoms with Crippen molar-refractivity contribution in [2.45, 2.75) is 19.4 Å². The van der Waals surface area contributed by atoms with E-state index >= 15 is 0 Å². The molecule has 0 bridgehead atoms. The van der Waals surface area contributed by atoms with E-state index < -0.39 is 0 Å². The van der Waals surface area contributed by atoms with E-state index in [1.165, 1.54) is 0 Å². The van der Waals surface area contributed by atoms with Crippen molar-refractivity contribution in [1.82, 2.24) is 9.55 Å². The molecule has 5 heteroatoms. The van der Waals surface area contributed by atoms with E-state index in [-0.39, 0.29) is 6.04 Å². The molecule has 0 amide bonds. The molecule has 1 aromatic carbocycles. The van der Waals surface area contributed by atoms with Crippen LogP contribution in [0.1, 0.15) is 22.3 Å². The first-order valence-electron chi connectivity index (χ1n) is 6.47. The van der Waals surface area contributed by atoms with E-state index in [2.05, 4.69) is 15.6 Å². The van der Waals surface area contributed by atoms with Gasteiger partial charge in [-0.05, 0) is 30.0 Å². The van der Waals surface area contributed by atoms with Crippen LogP contribution in [0.4, 0.5) is 0 Å². The first-order valence-corrected chi connectivity index (χ1v) is 7.73. The summed E-state index contributed by atoms with van der Waals surface area (Å²) < 4.78 is 2.10. The van der Waals surface area contributed by atoms with Crippen molar-refractivity contribution >= 4 is 34.0 Å². The molecule has 3 aromatic rings. The second-order valence-corrected chi connectivity index (χ2v) is 6.27. The first kappa shape index (κ1) is 13.6. The van der Waals surface area contributed by atoms with E-state index in [4.69, 9.17) is 17.3 Å². The van der Waals surface area contributed by atoms with Gasteiger partial charge in [-0.3, -0.25) is 0 Å². The van der Waals surface area contributed by atoms with E-state index in [0.29, 0.717) is 6.42 Å². The molecule has 20 heavy (non-hydrogen) atoms. The topological polar surface area (TPSA) is 43.8 Å². The van der Waals surface area contributed by atoms with Gasteiger partial charge in [0.2, 0.25) is 0 Å². The van der Waals surface area contributed by atoms with E-state index in [0.717, 1.165) is 32.3 Å². The van der Waals surface area contributed by atoms with Crippen LogP contribution in [0.2, 0.25) is 5.02 Å². The summed E-state index contributed by atoms with van der Waals surface area (Å²) in [6.45, 7) is 2.00. The number of fused-ring (bicyclic) bond motifs is 1. The van der Waals surface area contributed by atoms with Crippen molar-refractivity contribution in [2.24, 2.45) is 12.8 Å². The van der Waals surface area contributed by atoms with Crippen LogP contribution < -0.4 is 5.73 Å². The number of imidazole rings is 1. The van der Waals surface area contributed by atoms with Gasteiger partial charge in [0, 0.05) is 24.4 Å². The minimum absolute atomic E-state index is 0.114. The normalized spacial score (nSPS) is 13.0. The number of hydrogen-bond acceptors (Lipinski definition) is 3. The lowest BCUT2D eigenvalue weighted by molar-refractivity contribution is 0.674. The molecular weight excluding hydrogens is 290 g/mol. The van der Waals surface area contributed by atoms with Gasteiger partial charge in [0.15, 0.2) is 0 Å². The number of nitrogens with two attached hydrogens (primary N) is 1. The van der Waals surface area contributed by atoms with Crippen LogP contribution >= 0.6 is 22.9 Å². The Balaban J connectivity index is 1.93. The predicted molar refractivity (Wildman–Crippen MR) is 85.4 cm³/mol. The fourth-order valence-corrected chi connectivity index (χ4v) is 3.70. The van der Waals surface area contributed by atoms with Gasteiger partial charge in [-0.1, -0.05) is 23.7 Å². The fourth-order valence-electron chi connectivity index (χ4n) is 2.37. The third-order valence-corrected chi connectivity index (χ3v) is 5.39. The van der Waals surface area contributed by atoms with Gasteiger partial charge < -0.3 is 10.3 Å². The lowest BCUT2D eigenvalue weighted by Gasteiger charge is -2.10. The predicted octanol–water partition coefficient (Wildman–Crippen LogP) is 3.84. The van der Waals surface area contributed by atoms with Crippen molar-refractivity contribution in [3.8, 4) is 0 Å². The molecule has 2 aromatic heterocycles. The molecule has 0 aliphatic rings. The zero-order valence-electron chi connectivity index (χ0n) is 11.4. The first-order chi connectivity index (χ1) is 9.58. The number of thiophene rings is 1. The number of aromatic nitrogens is 2. The van der Waals surface area contributed by atoms with E-state index in [9.17, 15) is 0 Å². The summed E-state index contributed by atoms with van der Waals surface area (Å²) in [6, 6.07) is 7.99. The Bertz CT molecular complexity index is 760. The van der Waals surface area contributed by atoms with Crippen LogP contribution in [-0.4, -0.2) is 9.55 Å². The second kappa shape index (κ2) is 5.20. The molecule has 0 saturated heterocycles. The Hall–Kier alpha value is -1.36. The van der Waals surface area contributed by atoms with Crippen molar-refractivity contribution < 1.29 is 0 Å². The molecule has 104 valence electrons. The van der Waals surface area contributed by atoms with Gasteiger partial charge in [0.1, 0.15) is 5.82 Å².